The molecule has 0 saturated carbocycles. The van der Waals surface area contributed by atoms with Crippen LogP contribution in [0, 0.1) is 5.92 Å². The minimum absolute atomic E-state index is 0.342. The zero-order chi connectivity index (χ0) is 11.3. The van der Waals surface area contributed by atoms with E-state index in [1.165, 1.54) is 23.4 Å². The average molecular weight is 209 g/mol. The Morgan fingerprint density at radius 2 is 2.33 bits per heavy atom. The van der Waals surface area contributed by atoms with E-state index in [4.69, 9.17) is 4.74 Å². The fourth-order valence-electron chi connectivity index (χ4n) is 0.918. The molecule has 5 heteroatoms. The molecule has 1 heterocycles. The first kappa shape index (κ1) is 11.4. The maximum Gasteiger partial charge on any atom is 0.332 e. The van der Waals surface area contributed by atoms with Gasteiger partial charge in [-0.2, -0.15) is 5.10 Å². The van der Waals surface area contributed by atoms with Crippen LogP contribution in [0.2, 0.25) is 0 Å². The van der Waals surface area contributed by atoms with Crippen molar-refractivity contribution in [3.8, 4) is 0 Å². The fourth-order valence-corrected chi connectivity index (χ4v) is 0.918. The summed E-state index contributed by atoms with van der Waals surface area (Å²) in [6.45, 7) is 6.17. The predicted octanol–water partition coefficient (Wildman–Crippen LogP) is 1.34. The molecule has 0 radical (unpaired) electrons. The Bertz CT molecular complexity index is 342. The maximum absolute atomic E-state index is 11.3. The molecule has 0 spiro atoms. The minimum atomic E-state index is -0.350. The Morgan fingerprint density at radius 3 is 2.87 bits per heavy atom. The summed E-state index contributed by atoms with van der Waals surface area (Å²) in [4.78, 5) is 15.1. The molecule has 0 atom stereocenters. The number of allylic oxidation sites excluding steroid dienone is 1. The normalized spacial score (nSPS) is 11.9. The molecule has 0 aliphatic heterocycles. The van der Waals surface area contributed by atoms with Crippen molar-refractivity contribution in [1.82, 2.24) is 14.8 Å². The molecule has 0 N–H and O–H groups in total. The summed E-state index contributed by atoms with van der Waals surface area (Å²) >= 11 is 0. The van der Waals surface area contributed by atoms with Crippen molar-refractivity contribution >= 4 is 11.7 Å². The zero-order valence-electron chi connectivity index (χ0n) is 9.17. The highest BCUT2D eigenvalue weighted by molar-refractivity contribution is 5.87. The van der Waals surface area contributed by atoms with Crippen LogP contribution in [0.1, 0.15) is 20.8 Å². The maximum atomic E-state index is 11.3. The molecular formula is C10H15N3O2. The smallest absolute Gasteiger partial charge is 0.332 e. The van der Waals surface area contributed by atoms with Gasteiger partial charge < -0.3 is 4.74 Å². The van der Waals surface area contributed by atoms with Crippen molar-refractivity contribution in [1.29, 1.82) is 0 Å². The number of carbonyl (C=O) groups excluding carboxylic acids is 1. The molecule has 0 fully saturated rings. The van der Waals surface area contributed by atoms with E-state index in [1.54, 1.807) is 6.92 Å². The second kappa shape index (κ2) is 5.29. The van der Waals surface area contributed by atoms with E-state index < -0.39 is 0 Å². The van der Waals surface area contributed by atoms with Crippen LogP contribution in [0.3, 0.4) is 0 Å². The number of aromatic nitrogens is 3. The molecule has 0 aliphatic rings. The number of ether oxygens (including phenoxy) is 1. The molecule has 0 unspecified atom stereocenters. The van der Waals surface area contributed by atoms with Gasteiger partial charge in [0.1, 0.15) is 12.7 Å². The lowest BCUT2D eigenvalue weighted by Gasteiger charge is -2.05. The van der Waals surface area contributed by atoms with Crippen LogP contribution in [0.15, 0.2) is 18.7 Å². The Balaban J connectivity index is 2.52. The summed E-state index contributed by atoms with van der Waals surface area (Å²) in [6, 6.07) is 0. The number of esters is 1. The molecule has 15 heavy (non-hydrogen) atoms. The van der Waals surface area contributed by atoms with Gasteiger partial charge in [0.15, 0.2) is 0 Å². The quantitative estimate of drug-likeness (QED) is 0.554. The van der Waals surface area contributed by atoms with E-state index >= 15 is 0 Å². The lowest BCUT2D eigenvalue weighted by Crippen LogP contribution is -2.08. The monoisotopic (exact) mass is 209 g/mol. The van der Waals surface area contributed by atoms with Gasteiger partial charge in [-0.25, -0.2) is 14.5 Å². The lowest BCUT2D eigenvalue weighted by molar-refractivity contribution is -0.138. The predicted molar refractivity (Wildman–Crippen MR) is 55.8 cm³/mol. The second-order valence-electron chi connectivity index (χ2n) is 3.65. The Hall–Kier alpha value is -1.65. The molecule has 1 rings (SSSR count). The van der Waals surface area contributed by atoms with Crippen molar-refractivity contribution in [2.45, 2.75) is 20.8 Å². The van der Waals surface area contributed by atoms with Gasteiger partial charge in [0, 0.05) is 11.8 Å². The van der Waals surface area contributed by atoms with Crippen molar-refractivity contribution < 1.29 is 9.53 Å². The van der Waals surface area contributed by atoms with Crippen molar-refractivity contribution in [2.75, 3.05) is 6.61 Å². The topological polar surface area (TPSA) is 57.0 Å². The molecule has 0 saturated heterocycles. The molecule has 0 amide bonds. The minimum Gasteiger partial charge on any atom is -0.462 e. The van der Waals surface area contributed by atoms with Crippen LogP contribution >= 0.6 is 0 Å². The molecule has 1 aromatic rings. The number of nitrogens with zero attached hydrogens (tertiary/aromatic N) is 3. The molecule has 82 valence electrons. The van der Waals surface area contributed by atoms with Crippen LogP contribution in [0.5, 0.6) is 0 Å². The first-order chi connectivity index (χ1) is 7.09. The number of carbonyl (C=O) groups is 1. The standard InChI is InChI=1S/C10H15N3O2/c1-8(2)5-15-10(14)4-9(3)13-7-11-6-12-13/h4,6-8H,5H2,1-3H3. The number of hydrogen-bond acceptors (Lipinski definition) is 4. The average Bonchev–Trinajstić information content (AvgIpc) is 2.67. The van der Waals surface area contributed by atoms with E-state index in [-0.39, 0.29) is 5.97 Å². The molecule has 1 aromatic heterocycles. The van der Waals surface area contributed by atoms with E-state index in [2.05, 4.69) is 10.1 Å². The molecule has 5 nitrogen and oxygen atoms in total. The van der Waals surface area contributed by atoms with Gasteiger partial charge in [-0.3, -0.25) is 0 Å². The number of rotatable bonds is 4. The van der Waals surface area contributed by atoms with E-state index in [0.717, 1.165) is 0 Å². The third-order valence-corrected chi connectivity index (χ3v) is 1.67. The van der Waals surface area contributed by atoms with Crippen LogP contribution in [0.4, 0.5) is 0 Å². The third kappa shape index (κ3) is 3.93. The highest BCUT2D eigenvalue weighted by Crippen LogP contribution is 2.01. The summed E-state index contributed by atoms with van der Waals surface area (Å²) in [5.41, 5.74) is 0.682. The van der Waals surface area contributed by atoms with Crippen molar-refractivity contribution in [3.63, 3.8) is 0 Å². The third-order valence-electron chi connectivity index (χ3n) is 1.67. The van der Waals surface area contributed by atoms with Gasteiger partial charge in [0.25, 0.3) is 0 Å². The molecule has 0 aromatic carbocycles. The summed E-state index contributed by atoms with van der Waals surface area (Å²) in [7, 11) is 0. The largest absolute Gasteiger partial charge is 0.462 e. The Morgan fingerprint density at radius 1 is 1.60 bits per heavy atom. The van der Waals surface area contributed by atoms with Crippen molar-refractivity contribution in [2.24, 2.45) is 5.92 Å². The van der Waals surface area contributed by atoms with E-state index in [0.29, 0.717) is 18.2 Å². The van der Waals surface area contributed by atoms with Crippen LogP contribution in [-0.2, 0) is 9.53 Å². The first-order valence-corrected chi connectivity index (χ1v) is 4.79. The summed E-state index contributed by atoms with van der Waals surface area (Å²) in [5, 5.41) is 3.89. The SMILES string of the molecule is CC(=CC(=O)OCC(C)C)n1cncn1. The van der Waals surface area contributed by atoms with Crippen LogP contribution < -0.4 is 0 Å². The fraction of sp³-hybridized carbons (Fsp3) is 0.500. The van der Waals surface area contributed by atoms with E-state index in [1.807, 2.05) is 13.8 Å². The van der Waals surface area contributed by atoms with Crippen LogP contribution in [-0.4, -0.2) is 27.3 Å². The lowest BCUT2D eigenvalue weighted by atomic mass is 10.2. The van der Waals surface area contributed by atoms with Gasteiger partial charge in [-0.15, -0.1) is 0 Å². The summed E-state index contributed by atoms with van der Waals surface area (Å²) in [6.07, 6.45) is 4.34. The Labute approximate surface area is 88.8 Å². The molecular weight excluding hydrogens is 194 g/mol. The first-order valence-electron chi connectivity index (χ1n) is 4.79. The van der Waals surface area contributed by atoms with Gasteiger partial charge in [0.05, 0.1) is 6.61 Å². The van der Waals surface area contributed by atoms with Crippen molar-refractivity contribution in [3.05, 3.63) is 18.7 Å². The highest BCUT2D eigenvalue weighted by atomic mass is 16.5. The van der Waals surface area contributed by atoms with Gasteiger partial charge in [-0.05, 0) is 12.8 Å². The molecule has 0 bridgehead atoms. The van der Waals surface area contributed by atoms with Gasteiger partial charge in [-0.1, -0.05) is 13.8 Å². The Kier molecular flexibility index (Phi) is 4.03. The summed E-state index contributed by atoms with van der Waals surface area (Å²) in [5.74, 6) is -0.00859. The van der Waals surface area contributed by atoms with E-state index in [9.17, 15) is 4.79 Å². The summed E-state index contributed by atoms with van der Waals surface area (Å²) < 4.78 is 6.51. The molecule has 0 aliphatic carbocycles. The second-order valence-corrected chi connectivity index (χ2v) is 3.65. The van der Waals surface area contributed by atoms with Gasteiger partial charge in [0.2, 0.25) is 0 Å². The highest BCUT2D eigenvalue weighted by Gasteiger charge is 2.02. The van der Waals surface area contributed by atoms with Crippen LogP contribution in [0.25, 0.3) is 5.70 Å². The number of hydrogen-bond donors (Lipinski definition) is 0. The zero-order valence-corrected chi connectivity index (χ0v) is 9.17. The van der Waals surface area contributed by atoms with Gasteiger partial charge >= 0.3 is 5.97 Å².